The summed E-state index contributed by atoms with van der Waals surface area (Å²) in [6.07, 6.45) is -1.39. The summed E-state index contributed by atoms with van der Waals surface area (Å²) in [5.41, 5.74) is 0.349. The first-order valence-electron chi connectivity index (χ1n) is 5.53. The number of hydrogen-bond donors (Lipinski definition) is 0. The standard InChI is InChI=1S/C12H9F3N2O/c13-12(14,15)10-4-8(7-1-2-7)3-9(5-10)11-17-16-6-18-11/h3-7H,1-2H2. The molecule has 0 unspecified atom stereocenters. The number of benzene rings is 1. The van der Waals surface area contributed by atoms with Crippen molar-refractivity contribution < 1.29 is 17.6 Å². The minimum absolute atomic E-state index is 0.114. The molecule has 6 heteroatoms. The third-order valence-electron chi connectivity index (χ3n) is 2.94. The third kappa shape index (κ3) is 2.10. The molecule has 0 atom stereocenters. The molecule has 3 rings (SSSR count). The Labute approximate surface area is 101 Å². The maximum absolute atomic E-state index is 12.8. The Hall–Kier alpha value is -1.85. The fourth-order valence-electron chi connectivity index (χ4n) is 1.89. The molecule has 0 saturated heterocycles. The highest BCUT2D eigenvalue weighted by atomic mass is 19.4. The zero-order valence-corrected chi connectivity index (χ0v) is 9.24. The predicted octanol–water partition coefficient (Wildman–Crippen LogP) is 3.63. The lowest BCUT2D eigenvalue weighted by Gasteiger charge is -2.10. The second-order valence-electron chi connectivity index (χ2n) is 4.36. The van der Waals surface area contributed by atoms with Gasteiger partial charge in [0.05, 0.1) is 5.56 Å². The lowest BCUT2D eigenvalue weighted by atomic mass is 10.0. The first-order chi connectivity index (χ1) is 8.54. The van der Waals surface area contributed by atoms with Crippen LogP contribution in [0.2, 0.25) is 0 Å². The van der Waals surface area contributed by atoms with Crippen molar-refractivity contribution in [3.63, 3.8) is 0 Å². The predicted molar refractivity (Wildman–Crippen MR) is 56.7 cm³/mol. The topological polar surface area (TPSA) is 38.9 Å². The van der Waals surface area contributed by atoms with Gasteiger partial charge >= 0.3 is 6.18 Å². The Kier molecular flexibility index (Phi) is 2.39. The minimum Gasteiger partial charge on any atom is -0.423 e. The van der Waals surface area contributed by atoms with Crippen LogP contribution in [0, 0.1) is 0 Å². The van der Waals surface area contributed by atoms with E-state index in [9.17, 15) is 13.2 Å². The van der Waals surface area contributed by atoms with Crippen molar-refractivity contribution in [2.24, 2.45) is 0 Å². The van der Waals surface area contributed by atoms with Gasteiger partial charge in [0.25, 0.3) is 0 Å². The average Bonchev–Trinajstić information content (AvgIpc) is 3.03. The molecule has 1 aromatic heterocycles. The van der Waals surface area contributed by atoms with Gasteiger partial charge in [-0.15, -0.1) is 10.2 Å². The summed E-state index contributed by atoms with van der Waals surface area (Å²) in [5.74, 6) is 0.344. The van der Waals surface area contributed by atoms with Crippen LogP contribution >= 0.6 is 0 Å². The Morgan fingerprint density at radius 2 is 1.94 bits per heavy atom. The quantitative estimate of drug-likeness (QED) is 0.821. The van der Waals surface area contributed by atoms with Crippen molar-refractivity contribution in [3.8, 4) is 11.5 Å². The van der Waals surface area contributed by atoms with E-state index in [0.29, 0.717) is 11.1 Å². The van der Waals surface area contributed by atoms with Crippen molar-refractivity contribution in [2.75, 3.05) is 0 Å². The van der Waals surface area contributed by atoms with Crippen LogP contribution in [-0.2, 0) is 6.18 Å². The summed E-state index contributed by atoms with van der Waals surface area (Å²) in [5, 5.41) is 7.13. The van der Waals surface area contributed by atoms with Crippen LogP contribution in [-0.4, -0.2) is 10.2 Å². The normalized spacial score (nSPS) is 15.9. The molecule has 94 valence electrons. The molecular formula is C12H9F3N2O. The largest absolute Gasteiger partial charge is 0.423 e. The highest BCUT2D eigenvalue weighted by Gasteiger charge is 2.34. The van der Waals surface area contributed by atoms with Crippen LogP contribution in [0.4, 0.5) is 13.2 Å². The van der Waals surface area contributed by atoms with Gasteiger partial charge in [-0.2, -0.15) is 13.2 Å². The minimum atomic E-state index is -4.36. The van der Waals surface area contributed by atoms with Crippen LogP contribution in [0.15, 0.2) is 29.0 Å². The number of aromatic nitrogens is 2. The summed E-state index contributed by atoms with van der Waals surface area (Å²) in [6, 6.07) is 3.94. The first kappa shape index (κ1) is 11.3. The van der Waals surface area contributed by atoms with E-state index in [4.69, 9.17) is 4.42 Å². The van der Waals surface area contributed by atoms with E-state index in [1.165, 1.54) is 6.07 Å². The van der Waals surface area contributed by atoms with Crippen molar-refractivity contribution in [1.82, 2.24) is 10.2 Å². The lowest BCUT2D eigenvalue weighted by Crippen LogP contribution is -2.06. The zero-order chi connectivity index (χ0) is 12.8. The van der Waals surface area contributed by atoms with E-state index in [-0.39, 0.29) is 11.8 Å². The van der Waals surface area contributed by atoms with Crippen LogP contribution in [0.5, 0.6) is 0 Å². The van der Waals surface area contributed by atoms with Crippen molar-refractivity contribution in [1.29, 1.82) is 0 Å². The van der Waals surface area contributed by atoms with E-state index < -0.39 is 11.7 Å². The summed E-state index contributed by atoms with van der Waals surface area (Å²) < 4.78 is 43.4. The van der Waals surface area contributed by atoms with Crippen LogP contribution in [0.3, 0.4) is 0 Å². The number of hydrogen-bond acceptors (Lipinski definition) is 3. The van der Waals surface area contributed by atoms with E-state index in [1.54, 1.807) is 6.07 Å². The molecule has 1 aromatic carbocycles. The Morgan fingerprint density at radius 1 is 1.17 bits per heavy atom. The fraction of sp³-hybridized carbons (Fsp3) is 0.333. The Morgan fingerprint density at radius 3 is 2.50 bits per heavy atom. The Balaban J connectivity index is 2.11. The van der Waals surface area contributed by atoms with Crippen molar-refractivity contribution in [3.05, 3.63) is 35.7 Å². The summed E-state index contributed by atoms with van der Waals surface area (Å²) >= 11 is 0. The number of alkyl halides is 3. The molecule has 1 saturated carbocycles. The van der Waals surface area contributed by atoms with Gasteiger partial charge in [-0.25, -0.2) is 0 Å². The molecule has 2 aromatic rings. The number of rotatable bonds is 2. The van der Waals surface area contributed by atoms with Crippen LogP contribution in [0.25, 0.3) is 11.5 Å². The average molecular weight is 254 g/mol. The number of halogens is 3. The number of nitrogens with zero attached hydrogens (tertiary/aromatic N) is 2. The molecule has 0 N–H and O–H groups in total. The summed E-state index contributed by atoms with van der Waals surface area (Å²) in [4.78, 5) is 0. The zero-order valence-electron chi connectivity index (χ0n) is 9.24. The second kappa shape index (κ2) is 3.83. The van der Waals surface area contributed by atoms with E-state index in [2.05, 4.69) is 10.2 Å². The van der Waals surface area contributed by atoms with Gasteiger partial charge in [-0.1, -0.05) is 0 Å². The van der Waals surface area contributed by atoms with Crippen molar-refractivity contribution >= 4 is 0 Å². The molecule has 1 heterocycles. The first-order valence-corrected chi connectivity index (χ1v) is 5.53. The maximum atomic E-state index is 12.8. The molecule has 0 bridgehead atoms. The molecule has 0 aliphatic heterocycles. The van der Waals surface area contributed by atoms with Gasteiger partial charge in [0, 0.05) is 5.56 Å². The highest BCUT2D eigenvalue weighted by Crippen LogP contribution is 2.43. The lowest BCUT2D eigenvalue weighted by molar-refractivity contribution is -0.137. The molecule has 1 fully saturated rings. The molecule has 18 heavy (non-hydrogen) atoms. The smallest absolute Gasteiger partial charge is 0.416 e. The van der Waals surface area contributed by atoms with E-state index >= 15 is 0 Å². The summed E-state index contributed by atoms with van der Waals surface area (Å²) in [7, 11) is 0. The maximum Gasteiger partial charge on any atom is 0.416 e. The van der Waals surface area contributed by atoms with Crippen molar-refractivity contribution in [2.45, 2.75) is 24.9 Å². The third-order valence-corrected chi connectivity index (χ3v) is 2.94. The molecule has 1 aliphatic carbocycles. The highest BCUT2D eigenvalue weighted by molar-refractivity contribution is 5.57. The second-order valence-corrected chi connectivity index (χ2v) is 4.36. The molecule has 1 aliphatic rings. The fourth-order valence-corrected chi connectivity index (χ4v) is 1.89. The monoisotopic (exact) mass is 254 g/mol. The van der Waals surface area contributed by atoms with Gasteiger partial charge in [0.1, 0.15) is 0 Å². The molecule has 0 spiro atoms. The van der Waals surface area contributed by atoms with Gasteiger partial charge in [0.15, 0.2) is 0 Å². The molecular weight excluding hydrogens is 245 g/mol. The Bertz CT molecular complexity index is 559. The van der Waals surface area contributed by atoms with Gasteiger partial charge < -0.3 is 4.42 Å². The van der Waals surface area contributed by atoms with Crippen LogP contribution in [0.1, 0.15) is 29.9 Å². The molecule has 0 amide bonds. The summed E-state index contributed by atoms with van der Waals surface area (Å²) in [6.45, 7) is 0. The molecule has 3 nitrogen and oxygen atoms in total. The molecule has 0 radical (unpaired) electrons. The van der Waals surface area contributed by atoms with Gasteiger partial charge in [-0.05, 0) is 42.5 Å². The SMILES string of the molecule is FC(F)(F)c1cc(-c2nnco2)cc(C2CC2)c1. The van der Waals surface area contributed by atoms with E-state index in [1.807, 2.05) is 0 Å². The van der Waals surface area contributed by atoms with Gasteiger partial charge in [-0.3, -0.25) is 0 Å². The van der Waals surface area contributed by atoms with Gasteiger partial charge in [0.2, 0.25) is 12.3 Å². The van der Waals surface area contributed by atoms with Crippen LogP contribution < -0.4 is 0 Å². The van der Waals surface area contributed by atoms with E-state index in [0.717, 1.165) is 25.3 Å².